The van der Waals surface area contributed by atoms with Gasteiger partial charge in [-0.3, -0.25) is 14.9 Å². The molecule has 1 aliphatic rings. The summed E-state index contributed by atoms with van der Waals surface area (Å²) in [7, 11) is 1.58. The predicted molar refractivity (Wildman–Crippen MR) is 105 cm³/mol. The molecule has 0 aromatic heterocycles. The molecule has 3 N–H and O–H groups in total. The van der Waals surface area contributed by atoms with Gasteiger partial charge in [0.05, 0.1) is 13.5 Å². The van der Waals surface area contributed by atoms with Crippen LogP contribution in [0.4, 0.5) is 11.4 Å². The van der Waals surface area contributed by atoms with Gasteiger partial charge in [-0.15, -0.1) is 0 Å². The molecule has 140 valence electrons. The SMILES string of the molecule is COc1ccc(NC(=O)[C@@H]2CC(=O)NC(Nc3ccc(C)cc3C)=N2)cc1. The average Bonchev–Trinajstić information content (AvgIpc) is 2.64. The number of carbonyl (C=O) groups excluding carboxylic acids is 2. The number of carbonyl (C=O) groups is 2. The number of benzene rings is 2. The highest BCUT2D eigenvalue weighted by atomic mass is 16.5. The summed E-state index contributed by atoms with van der Waals surface area (Å²) in [6.45, 7) is 3.98. The molecular weight excluding hydrogens is 344 g/mol. The third-order valence-electron chi connectivity index (χ3n) is 4.22. The maximum absolute atomic E-state index is 12.5. The fourth-order valence-corrected chi connectivity index (χ4v) is 2.79. The molecule has 0 saturated carbocycles. The van der Waals surface area contributed by atoms with Gasteiger partial charge < -0.3 is 15.4 Å². The molecule has 3 rings (SSSR count). The summed E-state index contributed by atoms with van der Waals surface area (Å²) in [6, 6.07) is 12.1. The lowest BCUT2D eigenvalue weighted by Crippen LogP contribution is -2.45. The highest BCUT2D eigenvalue weighted by Crippen LogP contribution is 2.18. The zero-order chi connectivity index (χ0) is 19.4. The van der Waals surface area contributed by atoms with Gasteiger partial charge >= 0.3 is 0 Å². The van der Waals surface area contributed by atoms with Crippen molar-refractivity contribution in [1.29, 1.82) is 0 Å². The van der Waals surface area contributed by atoms with Crippen LogP contribution in [-0.2, 0) is 9.59 Å². The number of aryl methyl sites for hydroxylation is 2. The standard InChI is InChI=1S/C20H22N4O3/c1-12-4-9-16(13(2)10-12)22-20-23-17(11-18(25)24-20)19(26)21-14-5-7-15(27-3)8-6-14/h4-10,17H,11H2,1-3H3,(H,21,26)(H2,22,23,24,25)/t17-/m0/s1. The average molecular weight is 366 g/mol. The molecule has 0 fully saturated rings. The maximum Gasteiger partial charge on any atom is 0.249 e. The van der Waals surface area contributed by atoms with Gasteiger partial charge in [0.1, 0.15) is 11.8 Å². The van der Waals surface area contributed by atoms with Crippen molar-refractivity contribution in [3.63, 3.8) is 0 Å². The highest BCUT2D eigenvalue weighted by molar-refractivity contribution is 6.10. The zero-order valence-electron chi connectivity index (χ0n) is 15.5. The van der Waals surface area contributed by atoms with Gasteiger partial charge in [-0.2, -0.15) is 0 Å². The summed E-state index contributed by atoms with van der Waals surface area (Å²) in [5, 5.41) is 8.54. The second kappa shape index (κ2) is 7.90. The van der Waals surface area contributed by atoms with Gasteiger partial charge in [-0.25, -0.2) is 4.99 Å². The first-order valence-electron chi connectivity index (χ1n) is 8.61. The molecule has 0 unspecified atom stereocenters. The van der Waals surface area contributed by atoms with Gasteiger partial charge in [-0.1, -0.05) is 17.7 Å². The van der Waals surface area contributed by atoms with Crippen LogP contribution < -0.4 is 20.7 Å². The quantitative estimate of drug-likeness (QED) is 0.776. The van der Waals surface area contributed by atoms with Gasteiger partial charge in [0, 0.05) is 11.4 Å². The van der Waals surface area contributed by atoms with Crippen LogP contribution in [0.3, 0.4) is 0 Å². The van der Waals surface area contributed by atoms with E-state index >= 15 is 0 Å². The fourth-order valence-electron chi connectivity index (χ4n) is 2.79. The normalized spacial score (nSPS) is 16.2. The van der Waals surface area contributed by atoms with Crippen molar-refractivity contribution in [3.8, 4) is 5.75 Å². The molecule has 7 nitrogen and oxygen atoms in total. The van der Waals surface area contributed by atoms with E-state index in [4.69, 9.17) is 4.74 Å². The number of nitrogens with one attached hydrogen (secondary N) is 3. The molecule has 0 bridgehead atoms. The molecule has 1 heterocycles. The molecule has 0 saturated heterocycles. The Kier molecular flexibility index (Phi) is 5.40. The van der Waals surface area contributed by atoms with Crippen LogP contribution in [0.25, 0.3) is 0 Å². The minimum absolute atomic E-state index is 0.0000476. The lowest BCUT2D eigenvalue weighted by atomic mass is 10.1. The number of amides is 2. The summed E-state index contributed by atoms with van der Waals surface area (Å²) in [5.74, 6) is 0.373. The third kappa shape index (κ3) is 4.63. The number of nitrogens with zero attached hydrogens (tertiary/aromatic N) is 1. The van der Waals surface area contributed by atoms with Crippen LogP contribution in [0.5, 0.6) is 5.75 Å². The van der Waals surface area contributed by atoms with Crippen LogP contribution in [0.15, 0.2) is 47.5 Å². The minimum atomic E-state index is -0.797. The molecule has 2 aromatic carbocycles. The van der Waals surface area contributed by atoms with E-state index in [1.54, 1.807) is 31.4 Å². The minimum Gasteiger partial charge on any atom is -0.497 e. The summed E-state index contributed by atoms with van der Waals surface area (Å²) >= 11 is 0. The fraction of sp³-hybridized carbons (Fsp3) is 0.250. The molecular formula is C20H22N4O3. The Morgan fingerprint density at radius 1 is 1.19 bits per heavy atom. The van der Waals surface area contributed by atoms with Crippen molar-refractivity contribution in [1.82, 2.24) is 5.32 Å². The third-order valence-corrected chi connectivity index (χ3v) is 4.22. The number of hydrogen-bond donors (Lipinski definition) is 3. The van der Waals surface area contributed by atoms with Crippen molar-refractivity contribution >= 4 is 29.1 Å². The zero-order valence-corrected chi connectivity index (χ0v) is 15.5. The summed E-state index contributed by atoms with van der Waals surface area (Å²) in [4.78, 5) is 28.9. The number of aliphatic imine (C=N–C) groups is 1. The molecule has 0 aliphatic carbocycles. The van der Waals surface area contributed by atoms with Crippen LogP contribution in [0.1, 0.15) is 17.5 Å². The summed E-state index contributed by atoms with van der Waals surface area (Å²) < 4.78 is 5.10. The van der Waals surface area contributed by atoms with E-state index < -0.39 is 6.04 Å². The lowest BCUT2D eigenvalue weighted by molar-refractivity contribution is -0.124. The van der Waals surface area contributed by atoms with E-state index in [9.17, 15) is 9.59 Å². The van der Waals surface area contributed by atoms with E-state index in [0.717, 1.165) is 16.8 Å². The Morgan fingerprint density at radius 2 is 1.93 bits per heavy atom. The Bertz CT molecular complexity index is 891. The number of anilines is 2. The molecule has 2 amide bonds. The molecule has 27 heavy (non-hydrogen) atoms. The lowest BCUT2D eigenvalue weighted by Gasteiger charge is -2.22. The molecule has 2 aromatic rings. The Balaban J connectivity index is 1.72. The second-order valence-electron chi connectivity index (χ2n) is 6.41. The van der Waals surface area contributed by atoms with Gasteiger partial charge in [0.25, 0.3) is 0 Å². The first kappa shape index (κ1) is 18.4. The summed E-state index contributed by atoms with van der Waals surface area (Å²) in [6.07, 6.45) is 0.0000476. The number of guanidine groups is 1. The van der Waals surface area contributed by atoms with E-state index in [1.807, 2.05) is 32.0 Å². The smallest absolute Gasteiger partial charge is 0.249 e. The van der Waals surface area contributed by atoms with Crippen LogP contribution >= 0.6 is 0 Å². The van der Waals surface area contributed by atoms with Crippen LogP contribution in [-0.4, -0.2) is 30.9 Å². The van der Waals surface area contributed by atoms with Gasteiger partial charge in [0.15, 0.2) is 0 Å². The van der Waals surface area contributed by atoms with Crippen molar-refractivity contribution in [2.24, 2.45) is 4.99 Å². The van der Waals surface area contributed by atoms with Crippen LogP contribution in [0, 0.1) is 13.8 Å². The topological polar surface area (TPSA) is 91.8 Å². The number of methoxy groups -OCH3 is 1. The summed E-state index contributed by atoms with van der Waals surface area (Å²) in [5.41, 5.74) is 3.61. The van der Waals surface area contributed by atoms with Crippen LogP contribution in [0.2, 0.25) is 0 Å². The predicted octanol–water partition coefficient (Wildman–Crippen LogP) is 2.61. The maximum atomic E-state index is 12.5. The number of rotatable bonds is 4. The second-order valence-corrected chi connectivity index (χ2v) is 6.41. The van der Waals surface area contributed by atoms with Crippen molar-refractivity contribution < 1.29 is 14.3 Å². The van der Waals surface area contributed by atoms with Crippen molar-refractivity contribution in [3.05, 3.63) is 53.6 Å². The molecule has 1 aliphatic heterocycles. The van der Waals surface area contributed by atoms with Crippen molar-refractivity contribution in [2.45, 2.75) is 26.3 Å². The van der Waals surface area contributed by atoms with E-state index in [2.05, 4.69) is 20.9 Å². The highest BCUT2D eigenvalue weighted by Gasteiger charge is 2.27. The Hall–Kier alpha value is -3.35. The van der Waals surface area contributed by atoms with E-state index in [0.29, 0.717) is 11.4 Å². The first-order valence-corrected chi connectivity index (χ1v) is 8.61. The molecule has 1 atom stereocenters. The largest absolute Gasteiger partial charge is 0.497 e. The Morgan fingerprint density at radius 3 is 2.59 bits per heavy atom. The van der Waals surface area contributed by atoms with Gasteiger partial charge in [0.2, 0.25) is 17.8 Å². The number of ether oxygens (including phenoxy) is 1. The van der Waals surface area contributed by atoms with Crippen molar-refractivity contribution in [2.75, 3.05) is 17.7 Å². The van der Waals surface area contributed by atoms with Gasteiger partial charge in [-0.05, 0) is 49.7 Å². The molecule has 7 heteroatoms. The molecule has 0 spiro atoms. The first-order chi connectivity index (χ1) is 12.9. The van der Waals surface area contributed by atoms with E-state index in [1.165, 1.54) is 0 Å². The Labute approximate surface area is 157 Å². The molecule has 0 radical (unpaired) electrons. The monoisotopic (exact) mass is 366 g/mol. The van der Waals surface area contributed by atoms with E-state index in [-0.39, 0.29) is 24.2 Å². The number of hydrogen-bond acceptors (Lipinski definition) is 5.